The van der Waals surface area contributed by atoms with Crippen molar-refractivity contribution in [3.05, 3.63) is 84.4 Å². The van der Waals surface area contributed by atoms with Gasteiger partial charge in [0.05, 0.1) is 25.4 Å². The molecule has 0 unspecified atom stereocenters. The summed E-state index contributed by atoms with van der Waals surface area (Å²) in [4.78, 5) is 0. The fourth-order valence-corrected chi connectivity index (χ4v) is 3.44. The van der Waals surface area contributed by atoms with Crippen LogP contribution in [0.4, 0.5) is 0 Å². The van der Waals surface area contributed by atoms with Crippen LogP contribution in [0.15, 0.2) is 73.3 Å². The molecule has 27 heavy (non-hydrogen) atoms. The SMILES string of the molecule is C=CC[C@@H]1O[C@@H](C)[C@@H](OCc2ccccc2)[C@@H](O)[C@@H]1OCc1ccccc1. The summed E-state index contributed by atoms with van der Waals surface area (Å²) in [6.45, 7) is 6.58. The third-order valence-corrected chi connectivity index (χ3v) is 4.86. The maximum Gasteiger partial charge on any atom is 0.113 e. The Morgan fingerprint density at radius 1 is 0.926 bits per heavy atom. The standard InChI is InChI=1S/C23H28O4/c1-3-10-20-23(26-16-19-13-8-5-9-14-19)21(24)22(17(2)27-20)25-15-18-11-6-4-7-12-18/h3-9,11-14,17,20-24H,1,10,15-16H2,2H3/t17-,20-,21+,22+,23+/m0/s1. The molecule has 144 valence electrons. The normalized spacial score (nSPS) is 28.0. The van der Waals surface area contributed by atoms with Gasteiger partial charge in [0.25, 0.3) is 0 Å². The zero-order valence-corrected chi connectivity index (χ0v) is 15.7. The summed E-state index contributed by atoms with van der Waals surface area (Å²) in [5.41, 5.74) is 2.12. The smallest absolute Gasteiger partial charge is 0.113 e. The molecule has 3 rings (SSSR count). The van der Waals surface area contributed by atoms with Crippen molar-refractivity contribution >= 4 is 0 Å². The van der Waals surface area contributed by atoms with Crippen LogP contribution >= 0.6 is 0 Å². The van der Waals surface area contributed by atoms with Crippen LogP contribution in [0.25, 0.3) is 0 Å². The van der Waals surface area contributed by atoms with E-state index in [2.05, 4.69) is 6.58 Å². The lowest BCUT2D eigenvalue weighted by Gasteiger charge is -2.43. The summed E-state index contributed by atoms with van der Waals surface area (Å²) in [6, 6.07) is 19.9. The van der Waals surface area contributed by atoms with Crippen LogP contribution in [0.1, 0.15) is 24.5 Å². The van der Waals surface area contributed by atoms with Gasteiger partial charge in [-0.05, 0) is 24.5 Å². The van der Waals surface area contributed by atoms with Crippen molar-refractivity contribution in [2.45, 2.75) is 57.1 Å². The molecule has 2 aromatic carbocycles. The van der Waals surface area contributed by atoms with Crippen molar-refractivity contribution in [1.29, 1.82) is 0 Å². The first-order valence-electron chi connectivity index (χ1n) is 9.44. The highest BCUT2D eigenvalue weighted by Gasteiger charge is 2.44. The van der Waals surface area contributed by atoms with E-state index in [9.17, 15) is 5.11 Å². The molecule has 1 heterocycles. The van der Waals surface area contributed by atoms with Crippen molar-refractivity contribution in [2.24, 2.45) is 0 Å². The Morgan fingerprint density at radius 2 is 1.44 bits per heavy atom. The first kappa shape index (κ1) is 19.8. The van der Waals surface area contributed by atoms with Gasteiger partial charge in [0.1, 0.15) is 18.3 Å². The maximum absolute atomic E-state index is 11.0. The fourth-order valence-electron chi connectivity index (χ4n) is 3.44. The van der Waals surface area contributed by atoms with Gasteiger partial charge in [0, 0.05) is 0 Å². The molecule has 1 aliphatic rings. The second-order valence-corrected chi connectivity index (χ2v) is 6.92. The topological polar surface area (TPSA) is 47.9 Å². The van der Waals surface area contributed by atoms with Crippen LogP contribution in [0.2, 0.25) is 0 Å². The lowest BCUT2D eigenvalue weighted by molar-refractivity contribution is -0.246. The Bertz CT molecular complexity index is 688. The van der Waals surface area contributed by atoms with Crippen LogP contribution < -0.4 is 0 Å². The Hall–Kier alpha value is -1.98. The Balaban J connectivity index is 1.67. The van der Waals surface area contributed by atoms with Gasteiger partial charge in [-0.25, -0.2) is 0 Å². The van der Waals surface area contributed by atoms with Gasteiger partial charge in [-0.1, -0.05) is 66.7 Å². The average Bonchev–Trinajstić information content (AvgIpc) is 2.69. The zero-order chi connectivity index (χ0) is 19.1. The molecule has 0 bridgehead atoms. The van der Waals surface area contributed by atoms with E-state index in [1.165, 1.54) is 0 Å². The van der Waals surface area contributed by atoms with Crippen molar-refractivity contribution < 1.29 is 19.3 Å². The summed E-state index contributed by atoms with van der Waals surface area (Å²) < 4.78 is 18.2. The van der Waals surface area contributed by atoms with E-state index in [0.717, 1.165) is 11.1 Å². The third kappa shape index (κ3) is 5.27. The van der Waals surface area contributed by atoms with E-state index in [0.29, 0.717) is 19.6 Å². The van der Waals surface area contributed by atoms with Gasteiger partial charge in [0.2, 0.25) is 0 Å². The average molecular weight is 368 g/mol. The second kappa shape index (κ2) is 9.81. The summed E-state index contributed by atoms with van der Waals surface area (Å²) >= 11 is 0. The molecule has 1 fully saturated rings. The molecule has 2 aromatic rings. The van der Waals surface area contributed by atoms with E-state index < -0.39 is 18.3 Å². The highest BCUT2D eigenvalue weighted by atomic mass is 16.6. The minimum atomic E-state index is -0.772. The number of hydrogen-bond donors (Lipinski definition) is 1. The summed E-state index contributed by atoms with van der Waals surface area (Å²) in [6.07, 6.45) is 0.247. The van der Waals surface area contributed by atoms with E-state index in [1.54, 1.807) is 6.08 Å². The molecule has 0 amide bonds. The van der Waals surface area contributed by atoms with Crippen molar-refractivity contribution in [1.82, 2.24) is 0 Å². The molecule has 0 aliphatic carbocycles. The van der Waals surface area contributed by atoms with Crippen LogP contribution in [0.5, 0.6) is 0 Å². The van der Waals surface area contributed by atoms with Crippen LogP contribution in [0, 0.1) is 0 Å². The predicted octanol–water partition coefficient (Wildman–Crippen LogP) is 3.88. The molecule has 1 aliphatic heterocycles. The maximum atomic E-state index is 11.0. The molecule has 0 radical (unpaired) electrons. The van der Waals surface area contributed by atoms with Gasteiger partial charge in [-0.2, -0.15) is 0 Å². The number of ether oxygens (including phenoxy) is 3. The first-order chi connectivity index (χ1) is 13.2. The highest BCUT2D eigenvalue weighted by molar-refractivity contribution is 5.14. The van der Waals surface area contributed by atoms with Gasteiger partial charge in [0.15, 0.2) is 0 Å². The molecule has 4 heteroatoms. The van der Waals surface area contributed by atoms with Crippen molar-refractivity contribution in [3.8, 4) is 0 Å². The van der Waals surface area contributed by atoms with Crippen molar-refractivity contribution in [3.63, 3.8) is 0 Å². The summed E-state index contributed by atoms with van der Waals surface area (Å²) in [5, 5.41) is 11.0. The lowest BCUT2D eigenvalue weighted by atomic mass is 9.93. The lowest BCUT2D eigenvalue weighted by Crippen LogP contribution is -2.58. The monoisotopic (exact) mass is 368 g/mol. The Labute approximate surface area is 161 Å². The molecule has 0 spiro atoms. The van der Waals surface area contributed by atoms with Gasteiger partial charge in [-0.15, -0.1) is 6.58 Å². The molecule has 1 N–H and O–H groups in total. The molecule has 4 nitrogen and oxygen atoms in total. The number of aliphatic hydroxyl groups is 1. The summed E-state index contributed by atoms with van der Waals surface area (Å²) in [7, 11) is 0. The van der Waals surface area contributed by atoms with Gasteiger partial charge < -0.3 is 19.3 Å². The molecule has 1 saturated heterocycles. The zero-order valence-electron chi connectivity index (χ0n) is 15.7. The first-order valence-corrected chi connectivity index (χ1v) is 9.44. The number of rotatable bonds is 8. The molecule has 5 atom stereocenters. The summed E-state index contributed by atoms with van der Waals surface area (Å²) in [5.74, 6) is 0. The molecular formula is C23H28O4. The minimum absolute atomic E-state index is 0.231. The largest absolute Gasteiger partial charge is 0.387 e. The Morgan fingerprint density at radius 3 is 1.96 bits per heavy atom. The van der Waals surface area contributed by atoms with Crippen LogP contribution in [-0.2, 0) is 27.4 Å². The van der Waals surface area contributed by atoms with E-state index >= 15 is 0 Å². The number of aliphatic hydroxyl groups excluding tert-OH is 1. The Kier molecular flexibility index (Phi) is 7.18. The van der Waals surface area contributed by atoms with Gasteiger partial charge >= 0.3 is 0 Å². The second-order valence-electron chi connectivity index (χ2n) is 6.92. The fraction of sp³-hybridized carbons (Fsp3) is 0.391. The van der Waals surface area contributed by atoms with E-state index in [4.69, 9.17) is 14.2 Å². The molecule has 0 aromatic heterocycles. The highest BCUT2D eigenvalue weighted by Crippen LogP contribution is 2.29. The van der Waals surface area contributed by atoms with E-state index in [1.807, 2.05) is 67.6 Å². The van der Waals surface area contributed by atoms with Crippen molar-refractivity contribution in [2.75, 3.05) is 0 Å². The third-order valence-electron chi connectivity index (χ3n) is 4.86. The quantitative estimate of drug-likeness (QED) is 0.719. The number of hydrogen-bond acceptors (Lipinski definition) is 4. The molecule has 0 saturated carbocycles. The minimum Gasteiger partial charge on any atom is -0.387 e. The number of benzene rings is 2. The predicted molar refractivity (Wildman–Crippen MR) is 105 cm³/mol. The van der Waals surface area contributed by atoms with E-state index in [-0.39, 0.29) is 12.2 Å². The van der Waals surface area contributed by atoms with Gasteiger partial charge in [-0.3, -0.25) is 0 Å². The van der Waals surface area contributed by atoms with Crippen LogP contribution in [0.3, 0.4) is 0 Å². The van der Waals surface area contributed by atoms with Crippen LogP contribution in [-0.4, -0.2) is 35.6 Å². The molecular weight excluding hydrogens is 340 g/mol.